The summed E-state index contributed by atoms with van der Waals surface area (Å²) in [4.78, 5) is 15.1. The van der Waals surface area contributed by atoms with Gasteiger partial charge in [-0.1, -0.05) is 25.1 Å². The third kappa shape index (κ3) is 2.26. The first kappa shape index (κ1) is 17.2. The third-order valence-electron chi connectivity index (χ3n) is 6.28. The van der Waals surface area contributed by atoms with Gasteiger partial charge in [-0.3, -0.25) is 4.79 Å². The Hall–Kier alpha value is -1.90. The van der Waals surface area contributed by atoms with Gasteiger partial charge in [-0.2, -0.15) is 4.31 Å². The number of amides is 1. The minimum absolute atomic E-state index is 0.0486. The predicted molar refractivity (Wildman–Crippen MR) is 101 cm³/mol. The number of carbonyl (C=O) groups is 1. The summed E-state index contributed by atoms with van der Waals surface area (Å²) in [5, 5.41) is 0.382. The SMILES string of the molecule is CCN1C[C@]23CN(C(=O)c4cn(C)c5ccccc45)C[C@H](C[C@H]2S1(=O)=O)O3. The Bertz CT molecular complexity index is 1050. The van der Waals surface area contributed by atoms with Crippen LogP contribution in [0.15, 0.2) is 30.5 Å². The molecule has 2 aromatic rings. The number of fused-ring (bicyclic) bond motifs is 2. The molecule has 3 atom stereocenters. The number of aryl methyl sites for hydroxylation is 1. The van der Waals surface area contributed by atoms with Gasteiger partial charge in [-0.05, 0) is 12.5 Å². The number of carbonyl (C=O) groups excluding carboxylic acids is 1. The van der Waals surface area contributed by atoms with Gasteiger partial charge in [0.25, 0.3) is 5.91 Å². The van der Waals surface area contributed by atoms with Crippen molar-refractivity contribution in [3.63, 3.8) is 0 Å². The summed E-state index contributed by atoms with van der Waals surface area (Å²) in [6, 6.07) is 7.83. The molecule has 3 aliphatic rings. The van der Waals surface area contributed by atoms with Crippen LogP contribution in [0.25, 0.3) is 10.9 Å². The van der Waals surface area contributed by atoms with Crippen LogP contribution < -0.4 is 0 Å². The normalized spacial score (nSPS) is 32.1. The topological polar surface area (TPSA) is 71.8 Å². The molecule has 2 bridgehead atoms. The molecular formula is C19H23N3O4S. The van der Waals surface area contributed by atoms with Crippen molar-refractivity contribution < 1.29 is 17.9 Å². The van der Waals surface area contributed by atoms with Gasteiger partial charge in [-0.25, -0.2) is 8.42 Å². The fraction of sp³-hybridized carbons (Fsp3) is 0.526. The highest BCUT2D eigenvalue weighted by Crippen LogP contribution is 2.46. The van der Waals surface area contributed by atoms with Crippen LogP contribution in [-0.4, -0.2) is 71.2 Å². The number of para-hydroxylation sites is 1. The van der Waals surface area contributed by atoms with Gasteiger partial charge < -0.3 is 14.2 Å². The Morgan fingerprint density at radius 2 is 2.07 bits per heavy atom. The lowest BCUT2D eigenvalue weighted by Crippen LogP contribution is -2.56. The Balaban J connectivity index is 1.51. The molecule has 1 amide bonds. The smallest absolute Gasteiger partial charge is 0.256 e. The molecule has 0 N–H and O–H groups in total. The molecule has 144 valence electrons. The molecule has 1 aromatic carbocycles. The molecule has 7 nitrogen and oxygen atoms in total. The number of nitrogens with zero attached hydrogens (tertiary/aromatic N) is 3. The molecule has 27 heavy (non-hydrogen) atoms. The van der Waals surface area contributed by atoms with E-state index in [-0.39, 0.29) is 12.0 Å². The molecule has 4 heterocycles. The van der Waals surface area contributed by atoms with Gasteiger partial charge in [0.15, 0.2) is 0 Å². The molecule has 5 rings (SSSR count). The first-order valence-corrected chi connectivity index (χ1v) is 10.9. The van der Waals surface area contributed by atoms with E-state index in [1.54, 1.807) is 4.90 Å². The van der Waals surface area contributed by atoms with E-state index < -0.39 is 20.9 Å². The summed E-state index contributed by atoms with van der Waals surface area (Å²) in [5.41, 5.74) is 0.877. The second-order valence-corrected chi connectivity index (χ2v) is 9.97. The van der Waals surface area contributed by atoms with Crippen molar-refractivity contribution in [2.45, 2.75) is 30.3 Å². The van der Waals surface area contributed by atoms with Gasteiger partial charge in [0, 0.05) is 43.8 Å². The Morgan fingerprint density at radius 1 is 1.30 bits per heavy atom. The molecule has 1 spiro atoms. The van der Waals surface area contributed by atoms with Crippen LogP contribution in [0.5, 0.6) is 0 Å². The van der Waals surface area contributed by atoms with Gasteiger partial charge in [0.2, 0.25) is 10.0 Å². The number of hydrogen-bond donors (Lipinski definition) is 0. The maximum Gasteiger partial charge on any atom is 0.256 e. The number of likely N-dealkylation sites (N-methyl/N-ethyl adjacent to an activating group) is 1. The quantitative estimate of drug-likeness (QED) is 0.774. The number of hydrogen-bond acceptors (Lipinski definition) is 4. The number of benzene rings is 1. The van der Waals surface area contributed by atoms with Crippen LogP contribution in [0.4, 0.5) is 0 Å². The fourth-order valence-corrected chi connectivity index (χ4v) is 7.40. The molecular weight excluding hydrogens is 366 g/mol. The Kier molecular flexibility index (Phi) is 3.54. The maximum atomic E-state index is 13.3. The van der Waals surface area contributed by atoms with Crippen molar-refractivity contribution in [2.75, 3.05) is 26.2 Å². The van der Waals surface area contributed by atoms with E-state index in [0.717, 1.165) is 10.9 Å². The summed E-state index contributed by atoms with van der Waals surface area (Å²) in [7, 11) is -1.43. The van der Waals surface area contributed by atoms with Gasteiger partial charge >= 0.3 is 0 Å². The Labute approximate surface area is 158 Å². The molecule has 0 aliphatic carbocycles. The number of rotatable bonds is 2. The van der Waals surface area contributed by atoms with Crippen molar-refractivity contribution in [3.05, 3.63) is 36.0 Å². The maximum absolute atomic E-state index is 13.3. The molecule has 3 fully saturated rings. The summed E-state index contributed by atoms with van der Waals surface area (Å²) < 4.78 is 35.2. The van der Waals surface area contributed by atoms with Crippen LogP contribution in [0.2, 0.25) is 0 Å². The van der Waals surface area contributed by atoms with Gasteiger partial charge in [-0.15, -0.1) is 0 Å². The van der Waals surface area contributed by atoms with E-state index in [1.807, 2.05) is 49.0 Å². The number of likely N-dealkylation sites (tertiary alicyclic amines) is 1. The van der Waals surface area contributed by atoms with Crippen LogP contribution >= 0.6 is 0 Å². The lowest BCUT2D eigenvalue weighted by atomic mass is 9.99. The average molecular weight is 389 g/mol. The zero-order valence-corrected chi connectivity index (χ0v) is 16.3. The van der Waals surface area contributed by atoms with E-state index >= 15 is 0 Å². The molecule has 0 radical (unpaired) electrons. The van der Waals surface area contributed by atoms with E-state index in [4.69, 9.17) is 4.74 Å². The molecule has 1 aromatic heterocycles. The lowest BCUT2D eigenvalue weighted by molar-refractivity contribution is -0.0974. The summed E-state index contributed by atoms with van der Waals surface area (Å²) in [6.07, 6.45) is 2.12. The highest BCUT2D eigenvalue weighted by Gasteiger charge is 2.65. The molecule has 3 saturated heterocycles. The van der Waals surface area contributed by atoms with Gasteiger partial charge in [0.05, 0.1) is 18.2 Å². The van der Waals surface area contributed by atoms with E-state index in [2.05, 4.69) is 0 Å². The van der Waals surface area contributed by atoms with Crippen molar-refractivity contribution in [1.82, 2.24) is 13.8 Å². The van der Waals surface area contributed by atoms with Crippen molar-refractivity contribution in [3.8, 4) is 0 Å². The van der Waals surface area contributed by atoms with Crippen LogP contribution in [0.3, 0.4) is 0 Å². The number of morpholine rings is 1. The van der Waals surface area contributed by atoms with E-state index in [1.165, 1.54) is 4.31 Å². The van der Waals surface area contributed by atoms with Crippen LogP contribution in [-0.2, 0) is 21.8 Å². The van der Waals surface area contributed by atoms with Crippen molar-refractivity contribution >= 4 is 26.8 Å². The predicted octanol–water partition coefficient (Wildman–Crippen LogP) is 1.20. The summed E-state index contributed by atoms with van der Waals surface area (Å²) in [6.45, 7) is 3.39. The zero-order valence-electron chi connectivity index (χ0n) is 15.5. The number of sulfonamides is 1. The van der Waals surface area contributed by atoms with Gasteiger partial charge in [0.1, 0.15) is 10.9 Å². The molecule has 0 saturated carbocycles. The molecule has 0 unspecified atom stereocenters. The first-order chi connectivity index (χ1) is 12.9. The zero-order chi connectivity index (χ0) is 19.0. The first-order valence-electron chi connectivity index (χ1n) is 9.36. The Morgan fingerprint density at radius 3 is 2.85 bits per heavy atom. The molecule has 3 aliphatic heterocycles. The van der Waals surface area contributed by atoms with Crippen LogP contribution in [0.1, 0.15) is 23.7 Å². The van der Waals surface area contributed by atoms with Crippen molar-refractivity contribution in [1.29, 1.82) is 0 Å². The van der Waals surface area contributed by atoms with E-state index in [9.17, 15) is 13.2 Å². The highest BCUT2D eigenvalue weighted by atomic mass is 32.2. The van der Waals surface area contributed by atoms with Crippen molar-refractivity contribution in [2.24, 2.45) is 7.05 Å². The standard InChI is InChI=1S/C19H23N3O4S/c1-3-22-12-19-11-21(9-13(26-19)8-17(19)27(22,24)25)18(23)15-10-20(2)16-7-5-4-6-14(15)16/h4-7,10,13,17H,3,8-9,11-12H2,1-2H3/t13-,17+,19+/m0/s1. The number of aromatic nitrogens is 1. The monoisotopic (exact) mass is 389 g/mol. The second kappa shape index (κ2) is 5.56. The largest absolute Gasteiger partial charge is 0.365 e. The summed E-state index contributed by atoms with van der Waals surface area (Å²) >= 11 is 0. The highest BCUT2D eigenvalue weighted by molar-refractivity contribution is 7.90. The minimum Gasteiger partial charge on any atom is -0.365 e. The van der Waals surface area contributed by atoms with E-state index in [0.29, 0.717) is 38.2 Å². The van der Waals surface area contributed by atoms with Crippen LogP contribution in [0, 0.1) is 0 Å². The second-order valence-electron chi connectivity index (χ2n) is 7.86. The lowest BCUT2D eigenvalue weighted by Gasteiger charge is -2.39. The summed E-state index contributed by atoms with van der Waals surface area (Å²) in [5.74, 6) is -0.0486. The minimum atomic E-state index is -3.36. The average Bonchev–Trinajstić information content (AvgIpc) is 3.19. The number of ether oxygens (including phenoxy) is 1. The fourth-order valence-electron chi connectivity index (χ4n) is 5.07. The molecule has 8 heteroatoms. The third-order valence-corrected chi connectivity index (χ3v) is 8.73.